The van der Waals surface area contributed by atoms with Gasteiger partial charge in [0.25, 0.3) is 0 Å². The highest BCUT2D eigenvalue weighted by Gasteiger charge is 2.59. The second-order valence-electron chi connectivity index (χ2n) is 10.5. The highest BCUT2D eigenvalue weighted by Crippen LogP contribution is 2.65. The van der Waals surface area contributed by atoms with Crippen LogP contribution < -0.4 is 0 Å². The van der Waals surface area contributed by atoms with E-state index >= 15 is 0 Å². The Labute approximate surface area is 168 Å². The molecule has 0 radical (unpaired) electrons. The van der Waals surface area contributed by atoms with E-state index in [-0.39, 0.29) is 23.0 Å². The normalized spacial score (nSPS) is 46.7. The molecule has 3 heteroatoms. The van der Waals surface area contributed by atoms with Crippen molar-refractivity contribution < 1.29 is 14.6 Å². The molecule has 0 aliphatic heterocycles. The average Bonchev–Trinajstić information content (AvgIpc) is 3.18. The van der Waals surface area contributed by atoms with E-state index < -0.39 is 0 Å². The summed E-state index contributed by atoms with van der Waals surface area (Å²) in [5.41, 5.74) is 2.89. The molecule has 3 nitrogen and oxygen atoms in total. The van der Waals surface area contributed by atoms with Crippen LogP contribution in [0, 0.1) is 35.5 Å². The lowest BCUT2D eigenvalue weighted by molar-refractivity contribution is -0.0685. The first kappa shape index (κ1) is 18.7. The van der Waals surface area contributed by atoms with Crippen LogP contribution in [-0.4, -0.2) is 22.4 Å². The molecule has 5 rings (SSSR count). The number of hydrogen-bond donors (Lipinski definition) is 2. The summed E-state index contributed by atoms with van der Waals surface area (Å²) in [6, 6.07) is 4.00. The van der Waals surface area contributed by atoms with Gasteiger partial charge in [0.05, 0.1) is 12.2 Å². The van der Waals surface area contributed by atoms with E-state index in [0.29, 0.717) is 17.8 Å². The molecule has 0 saturated heterocycles. The molecular weight excluding hydrogens is 348 g/mol. The van der Waals surface area contributed by atoms with Crippen molar-refractivity contribution in [3.8, 4) is 0 Å². The van der Waals surface area contributed by atoms with Crippen molar-refractivity contribution in [1.29, 1.82) is 0 Å². The molecule has 0 amide bonds. The summed E-state index contributed by atoms with van der Waals surface area (Å²) in [5.74, 6) is 3.65. The van der Waals surface area contributed by atoms with Gasteiger partial charge < -0.3 is 14.6 Å². The zero-order valence-corrected chi connectivity index (χ0v) is 17.4. The van der Waals surface area contributed by atoms with Crippen LogP contribution in [0.4, 0.5) is 0 Å². The minimum atomic E-state index is -0.366. The van der Waals surface area contributed by atoms with Crippen LogP contribution in [-0.2, 0) is 0 Å². The van der Waals surface area contributed by atoms with Gasteiger partial charge in [-0.25, -0.2) is 0 Å². The molecule has 2 N–H and O–H groups in total. The van der Waals surface area contributed by atoms with Crippen molar-refractivity contribution >= 4 is 6.08 Å². The molecule has 4 aliphatic rings. The van der Waals surface area contributed by atoms with Gasteiger partial charge in [0, 0.05) is 5.41 Å². The van der Waals surface area contributed by atoms with Crippen LogP contribution in [0.3, 0.4) is 0 Å². The van der Waals surface area contributed by atoms with Gasteiger partial charge in [0.15, 0.2) is 0 Å². The van der Waals surface area contributed by atoms with Crippen LogP contribution in [0.5, 0.6) is 0 Å². The third kappa shape index (κ3) is 2.62. The molecule has 0 spiro atoms. The van der Waals surface area contributed by atoms with Gasteiger partial charge in [-0.3, -0.25) is 0 Å². The van der Waals surface area contributed by atoms with Gasteiger partial charge in [0.1, 0.15) is 11.5 Å². The molecule has 1 heterocycles. The SMILES string of the molecule is Cc1ccc(/C=C2/C[C@@H]3[C@H]4CC=C5C[C@@H](O)CC[C@]5(C)[C@@H]4CC[C@@]3(C)[C@@H]2O)o1. The van der Waals surface area contributed by atoms with Gasteiger partial charge >= 0.3 is 0 Å². The minimum absolute atomic E-state index is 0.0233. The summed E-state index contributed by atoms with van der Waals surface area (Å²) < 4.78 is 5.76. The third-order valence-corrected chi connectivity index (χ3v) is 9.04. The summed E-state index contributed by atoms with van der Waals surface area (Å²) in [5, 5.41) is 21.4. The van der Waals surface area contributed by atoms with Crippen molar-refractivity contribution in [2.75, 3.05) is 0 Å². The number of rotatable bonds is 1. The van der Waals surface area contributed by atoms with E-state index in [9.17, 15) is 10.2 Å². The standard InChI is InChI=1S/C25H34O3/c1-15-4-6-19(28-15)12-16-13-22-20-7-5-17-14-18(26)8-10-24(17,2)21(20)9-11-25(22,3)23(16)27/h4-6,12,18,20-23,26-27H,7-11,13-14H2,1-3H3/b16-12-/t18-,20-,21+,22+,23+,24-,25+/m0/s1. The number of furan rings is 1. The maximum atomic E-state index is 11.3. The Morgan fingerprint density at radius 2 is 1.89 bits per heavy atom. The fourth-order valence-electron chi connectivity index (χ4n) is 7.35. The van der Waals surface area contributed by atoms with Gasteiger partial charge in [-0.2, -0.15) is 0 Å². The first-order valence-corrected chi connectivity index (χ1v) is 11.1. The van der Waals surface area contributed by atoms with Crippen molar-refractivity contribution in [3.05, 3.63) is 40.9 Å². The molecule has 7 atom stereocenters. The summed E-state index contributed by atoms with van der Waals surface area (Å²) >= 11 is 0. The first-order valence-electron chi connectivity index (χ1n) is 11.1. The Hall–Kier alpha value is -1.32. The van der Waals surface area contributed by atoms with Gasteiger partial charge in [-0.1, -0.05) is 25.5 Å². The Morgan fingerprint density at radius 3 is 2.64 bits per heavy atom. The van der Waals surface area contributed by atoms with E-state index in [0.717, 1.165) is 55.6 Å². The summed E-state index contributed by atoms with van der Waals surface area (Å²) in [4.78, 5) is 0. The van der Waals surface area contributed by atoms with Crippen LogP contribution in [0.15, 0.2) is 33.8 Å². The monoisotopic (exact) mass is 382 g/mol. The van der Waals surface area contributed by atoms with Crippen molar-refractivity contribution in [1.82, 2.24) is 0 Å². The number of aliphatic hydroxyl groups excluding tert-OH is 2. The van der Waals surface area contributed by atoms with E-state index in [2.05, 4.69) is 26.0 Å². The van der Waals surface area contributed by atoms with E-state index in [4.69, 9.17) is 4.42 Å². The molecule has 4 aliphatic carbocycles. The molecule has 3 saturated carbocycles. The number of aryl methyl sites for hydroxylation is 1. The topological polar surface area (TPSA) is 53.6 Å². The maximum Gasteiger partial charge on any atom is 0.127 e. The molecular formula is C25H34O3. The molecule has 28 heavy (non-hydrogen) atoms. The summed E-state index contributed by atoms with van der Waals surface area (Å²) in [6.45, 7) is 6.74. The van der Waals surface area contributed by atoms with Crippen LogP contribution in [0.2, 0.25) is 0 Å². The Kier molecular flexibility index (Phi) is 4.23. The quantitative estimate of drug-likeness (QED) is 0.651. The summed E-state index contributed by atoms with van der Waals surface area (Å²) in [6.07, 6.45) is 11.4. The lowest BCUT2D eigenvalue weighted by Crippen LogP contribution is -2.51. The smallest absolute Gasteiger partial charge is 0.127 e. The Morgan fingerprint density at radius 1 is 1.07 bits per heavy atom. The molecule has 0 aromatic carbocycles. The predicted octanol–water partition coefficient (Wildman–Crippen LogP) is 5.27. The number of aliphatic hydroxyl groups is 2. The lowest BCUT2D eigenvalue weighted by atomic mass is 9.48. The number of allylic oxidation sites excluding steroid dienone is 1. The van der Waals surface area contributed by atoms with Crippen LogP contribution in [0.1, 0.15) is 70.3 Å². The fourth-order valence-corrected chi connectivity index (χ4v) is 7.35. The maximum absolute atomic E-state index is 11.3. The minimum Gasteiger partial charge on any atom is -0.462 e. The molecule has 1 aromatic rings. The van der Waals surface area contributed by atoms with E-state index in [1.165, 1.54) is 12.0 Å². The largest absolute Gasteiger partial charge is 0.462 e. The van der Waals surface area contributed by atoms with Crippen molar-refractivity contribution in [2.45, 2.75) is 77.9 Å². The van der Waals surface area contributed by atoms with Crippen LogP contribution in [0.25, 0.3) is 6.08 Å². The Balaban J connectivity index is 1.47. The predicted molar refractivity (Wildman–Crippen MR) is 111 cm³/mol. The third-order valence-electron chi connectivity index (χ3n) is 9.04. The molecule has 3 fully saturated rings. The van der Waals surface area contributed by atoms with Gasteiger partial charge in [-0.15, -0.1) is 0 Å². The highest BCUT2D eigenvalue weighted by atomic mass is 16.3. The highest BCUT2D eigenvalue weighted by molar-refractivity contribution is 5.51. The van der Waals surface area contributed by atoms with E-state index in [1.54, 1.807) is 0 Å². The fraction of sp³-hybridized carbons (Fsp3) is 0.680. The first-order chi connectivity index (χ1) is 13.3. The number of hydrogen-bond acceptors (Lipinski definition) is 3. The second kappa shape index (κ2) is 6.34. The second-order valence-corrected chi connectivity index (χ2v) is 10.5. The Bertz CT molecular complexity index is 833. The van der Waals surface area contributed by atoms with Crippen molar-refractivity contribution in [2.24, 2.45) is 28.6 Å². The van der Waals surface area contributed by atoms with Crippen LogP contribution >= 0.6 is 0 Å². The van der Waals surface area contributed by atoms with E-state index in [1.807, 2.05) is 19.1 Å². The molecule has 0 bridgehead atoms. The summed E-state index contributed by atoms with van der Waals surface area (Å²) in [7, 11) is 0. The van der Waals surface area contributed by atoms with Crippen molar-refractivity contribution in [3.63, 3.8) is 0 Å². The zero-order valence-electron chi connectivity index (χ0n) is 17.4. The average molecular weight is 383 g/mol. The molecule has 0 unspecified atom stereocenters. The molecule has 152 valence electrons. The number of fused-ring (bicyclic) bond motifs is 5. The van der Waals surface area contributed by atoms with Gasteiger partial charge in [-0.05, 0) is 98.8 Å². The molecule has 1 aromatic heterocycles. The zero-order chi connectivity index (χ0) is 19.7. The lowest BCUT2D eigenvalue weighted by Gasteiger charge is -2.57. The van der Waals surface area contributed by atoms with Gasteiger partial charge in [0.2, 0.25) is 0 Å².